The van der Waals surface area contributed by atoms with Crippen LogP contribution < -0.4 is 3.07 Å². The van der Waals surface area contributed by atoms with E-state index in [1.54, 1.807) is 0 Å². The summed E-state index contributed by atoms with van der Waals surface area (Å²) in [4.78, 5) is 19.5. The van der Waals surface area contributed by atoms with Gasteiger partial charge in [-0.3, -0.25) is 4.79 Å². The Labute approximate surface area is 102 Å². The first kappa shape index (κ1) is 13.9. The van der Waals surface area contributed by atoms with Crippen molar-refractivity contribution in [3.05, 3.63) is 23.8 Å². The Hall–Kier alpha value is -1.10. The van der Waals surface area contributed by atoms with Crippen LogP contribution in [0.15, 0.2) is 18.2 Å². The summed E-state index contributed by atoms with van der Waals surface area (Å²) in [7, 11) is 0. The van der Waals surface area contributed by atoms with Gasteiger partial charge in [0, 0.05) is 6.92 Å². The second kappa shape index (κ2) is 6.39. The van der Waals surface area contributed by atoms with Crippen molar-refractivity contribution in [3.8, 4) is 5.75 Å². The van der Waals surface area contributed by atoms with Crippen LogP contribution in [0.2, 0.25) is 0 Å². The number of aliphatic carboxylic acids is 1. The van der Waals surface area contributed by atoms with Crippen LogP contribution in [0.4, 0.5) is 0 Å². The number of aromatic carboxylic acids is 1. The van der Waals surface area contributed by atoms with Crippen molar-refractivity contribution in [2.24, 2.45) is 0 Å². The number of phenolic OH excluding ortho intramolecular Hbond substituents is 1. The molecule has 0 heterocycles. The second-order valence-corrected chi connectivity index (χ2v) is 5.63. The van der Waals surface area contributed by atoms with E-state index in [1.165, 1.54) is 18.2 Å². The Kier molecular flexibility index (Phi) is 5.92. The predicted octanol–water partition coefficient (Wildman–Crippen LogP) is 0.353. The van der Waals surface area contributed by atoms with E-state index in [2.05, 4.69) is 0 Å². The van der Waals surface area contributed by atoms with Crippen LogP contribution in [0.25, 0.3) is 0 Å². The molecule has 0 aliphatic heterocycles. The molecule has 5 nitrogen and oxygen atoms in total. The van der Waals surface area contributed by atoms with Crippen molar-refractivity contribution in [1.29, 1.82) is 0 Å². The Morgan fingerprint density at radius 1 is 1.27 bits per heavy atom. The summed E-state index contributed by atoms with van der Waals surface area (Å²) < 4.78 is 0.762. The number of carboxylic acids is 2. The molecule has 0 amide bonds. The van der Waals surface area contributed by atoms with Crippen LogP contribution in [0.1, 0.15) is 17.3 Å². The normalized spacial score (nSPS) is 8.73. The van der Waals surface area contributed by atoms with Crippen LogP contribution >= 0.6 is 0 Å². The maximum atomic E-state index is 10.5. The molecular weight excluding hydrogens is 389 g/mol. The fourth-order valence-corrected chi connectivity index (χ4v) is 2.65. The van der Waals surface area contributed by atoms with Crippen LogP contribution in [0.5, 0.6) is 5.75 Å². The summed E-state index contributed by atoms with van der Waals surface area (Å²) in [6.45, 7) is 1.08. The number of benzene rings is 1. The molecule has 15 heavy (non-hydrogen) atoms. The van der Waals surface area contributed by atoms with E-state index in [0.717, 1.165) is 10.00 Å². The molecular formula is C9H9HgO5. The average Bonchev–Trinajstić information content (AvgIpc) is 2.01. The summed E-state index contributed by atoms with van der Waals surface area (Å²) in [6, 6.07) is 4.33. The molecule has 1 rings (SSSR count). The molecule has 0 bridgehead atoms. The van der Waals surface area contributed by atoms with Crippen LogP contribution in [-0.4, -0.2) is 27.3 Å². The topological polar surface area (TPSA) is 94.8 Å². The van der Waals surface area contributed by atoms with Gasteiger partial charge in [-0.15, -0.1) is 0 Å². The van der Waals surface area contributed by atoms with E-state index in [0.29, 0.717) is 5.56 Å². The monoisotopic (exact) mass is 399 g/mol. The van der Waals surface area contributed by atoms with Gasteiger partial charge in [0.2, 0.25) is 0 Å². The average molecular weight is 398 g/mol. The van der Waals surface area contributed by atoms with Crippen LogP contribution in [0.3, 0.4) is 0 Å². The Balaban J connectivity index is 0.000000423. The van der Waals surface area contributed by atoms with Gasteiger partial charge in [0.05, 0.1) is 0 Å². The standard InChI is InChI=1S/C7H5O3.C2H4O2.Hg/c8-6-3-1-5(2-4-6)7(9)10;1-2(3)4;/h1,3-4,8H,(H,9,10);1H3,(H,3,4);. The number of carbonyl (C=O) groups is 2. The predicted molar refractivity (Wildman–Crippen MR) is 48.0 cm³/mol. The Bertz CT molecular complexity index is 371. The number of phenols is 1. The third-order valence-electron chi connectivity index (χ3n) is 1.32. The Morgan fingerprint density at radius 2 is 1.73 bits per heavy atom. The fourth-order valence-electron chi connectivity index (χ4n) is 0.789. The van der Waals surface area contributed by atoms with Crippen molar-refractivity contribution in [2.45, 2.75) is 6.92 Å². The summed E-state index contributed by atoms with van der Waals surface area (Å²) in [5.41, 5.74) is 0.311. The van der Waals surface area contributed by atoms with E-state index in [9.17, 15) is 4.79 Å². The molecule has 0 radical (unpaired) electrons. The number of carboxylic acid groups (broad SMARTS) is 2. The van der Waals surface area contributed by atoms with Gasteiger partial charge in [-0.05, 0) is 0 Å². The van der Waals surface area contributed by atoms with E-state index < -0.39 is 11.9 Å². The number of hydrogen-bond donors (Lipinski definition) is 3. The molecule has 0 aromatic heterocycles. The first-order valence-corrected chi connectivity index (χ1v) is 6.67. The molecule has 1 aromatic carbocycles. The summed E-state index contributed by atoms with van der Waals surface area (Å²) in [5, 5.41) is 25.0. The van der Waals surface area contributed by atoms with Gasteiger partial charge in [-0.25, -0.2) is 0 Å². The van der Waals surface area contributed by atoms with E-state index >= 15 is 0 Å². The van der Waals surface area contributed by atoms with Gasteiger partial charge < -0.3 is 5.11 Å². The quantitative estimate of drug-likeness (QED) is 0.595. The van der Waals surface area contributed by atoms with Gasteiger partial charge in [0.1, 0.15) is 0 Å². The summed E-state index contributed by atoms with van der Waals surface area (Å²) >= 11 is 0.227. The zero-order valence-electron chi connectivity index (χ0n) is 8.10. The molecule has 0 aliphatic carbocycles. The second-order valence-electron chi connectivity index (χ2n) is 2.67. The molecule has 0 saturated carbocycles. The minimum absolute atomic E-state index is 0.139. The molecule has 1 aromatic rings. The zero-order chi connectivity index (χ0) is 12.0. The Morgan fingerprint density at radius 3 is 2.07 bits per heavy atom. The summed E-state index contributed by atoms with van der Waals surface area (Å²) in [5.74, 6) is -1.62. The van der Waals surface area contributed by atoms with E-state index in [1.807, 2.05) is 0 Å². The van der Waals surface area contributed by atoms with E-state index in [-0.39, 0.29) is 31.9 Å². The van der Waals surface area contributed by atoms with Gasteiger partial charge in [0.25, 0.3) is 5.97 Å². The maximum absolute atomic E-state index is 10.5. The molecule has 0 spiro atoms. The van der Waals surface area contributed by atoms with Crippen molar-refractivity contribution < 1.29 is 51.0 Å². The fraction of sp³-hybridized carbons (Fsp3) is 0.111. The SMILES string of the molecule is CC(=O)O.O=C(O)c1ccc(O)c[c]1[Hg]. The van der Waals surface area contributed by atoms with Crippen LogP contribution in [-0.2, 0) is 30.9 Å². The molecule has 0 fully saturated rings. The molecule has 3 N–H and O–H groups in total. The van der Waals surface area contributed by atoms with Crippen molar-refractivity contribution in [1.82, 2.24) is 0 Å². The number of rotatable bonds is 1. The van der Waals surface area contributed by atoms with Gasteiger partial charge in [-0.1, -0.05) is 0 Å². The van der Waals surface area contributed by atoms with Crippen LogP contribution in [0, 0.1) is 0 Å². The first-order valence-electron chi connectivity index (χ1n) is 3.92. The van der Waals surface area contributed by atoms with Crippen molar-refractivity contribution in [3.63, 3.8) is 0 Å². The third kappa shape index (κ3) is 6.06. The third-order valence-corrected chi connectivity index (χ3v) is 3.59. The zero-order valence-corrected chi connectivity index (χ0v) is 13.6. The summed E-state index contributed by atoms with van der Waals surface area (Å²) in [6.07, 6.45) is 0. The van der Waals surface area contributed by atoms with Crippen molar-refractivity contribution in [2.75, 3.05) is 0 Å². The number of aromatic hydroxyl groups is 1. The van der Waals surface area contributed by atoms with Gasteiger partial charge in [0.15, 0.2) is 0 Å². The number of hydrogen-bond acceptors (Lipinski definition) is 3. The molecule has 0 atom stereocenters. The van der Waals surface area contributed by atoms with Gasteiger partial charge in [-0.2, -0.15) is 0 Å². The molecule has 0 aliphatic rings. The molecule has 77 valence electrons. The molecule has 0 unspecified atom stereocenters. The van der Waals surface area contributed by atoms with E-state index in [4.69, 9.17) is 20.1 Å². The molecule has 6 heteroatoms. The minimum atomic E-state index is -0.921. The first-order chi connectivity index (χ1) is 6.84. The van der Waals surface area contributed by atoms with Gasteiger partial charge >= 0.3 is 79.7 Å². The van der Waals surface area contributed by atoms with Crippen molar-refractivity contribution >= 4 is 15.0 Å². The molecule has 0 saturated heterocycles.